The maximum absolute atomic E-state index is 4.73. The molecule has 1 aliphatic rings. The van der Waals surface area contributed by atoms with Crippen molar-refractivity contribution in [1.29, 1.82) is 0 Å². The predicted molar refractivity (Wildman–Crippen MR) is 72.7 cm³/mol. The van der Waals surface area contributed by atoms with E-state index < -0.39 is 0 Å². The Morgan fingerprint density at radius 2 is 1.75 bits per heavy atom. The lowest BCUT2D eigenvalue weighted by molar-refractivity contribution is 0.585. The lowest BCUT2D eigenvalue weighted by Crippen LogP contribution is -2.10. The monoisotopic (exact) mass is 233 g/mol. The summed E-state index contributed by atoms with van der Waals surface area (Å²) in [4.78, 5) is 6.01. The Kier molecular flexibility index (Phi) is 2.58. The van der Waals surface area contributed by atoms with E-state index in [-0.39, 0.29) is 10.8 Å². The zero-order valence-electron chi connectivity index (χ0n) is 10.7. The van der Waals surface area contributed by atoms with Gasteiger partial charge in [0.15, 0.2) is 0 Å². The van der Waals surface area contributed by atoms with Gasteiger partial charge in [0, 0.05) is 10.8 Å². The van der Waals surface area contributed by atoms with Gasteiger partial charge in [-0.3, -0.25) is 0 Å². The molecule has 2 heteroatoms. The average molecular weight is 233 g/mol. The number of hydrogen-bond acceptors (Lipinski definition) is 2. The van der Waals surface area contributed by atoms with E-state index in [1.165, 1.54) is 9.88 Å². The molecule has 0 aliphatic heterocycles. The smallest absolute Gasteiger partial charge is 0.0992 e. The molecule has 1 aromatic rings. The van der Waals surface area contributed by atoms with Crippen LogP contribution in [0.3, 0.4) is 0 Å². The first-order chi connectivity index (χ1) is 7.28. The summed E-state index contributed by atoms with van der Waals surface area (Å²) in [6, 6.07) is 0. The first-order valence-corrected chi connectivity index (χ1v) is 6.49. The summed E-state index contributed by atoms with van der Waals surface area (Å²) >= 11 is 1.81. The lowest BCUT2D eigenvalue weighted by Gasteiger charge is -2.14. The Morgan fingerprint density at radius 1 is 1.12 bits per heavy atom. The van der Waals surface area contributed by atoms with Crippen LogP contribution in [-0.2, 0) is 5.41 Å². The van der Waals surface area contributed by atoms with E-state index in [1.807, 2.05) is 11.3 Å². The summed E-state index contributed by atoms with van der Waals surface area (Å²) in [5.41, 5.74) is 1.41. The van der Waals surface area contributed by atoms with Crippen LogP contribution in [0.25, 0.3) is 12.2 Å². The largest absolute Gasteiger partial charge is 0.241 e. The minimum absolute atomic E-state index is 0.141. The first kappa shape index (κ1) is 11.6. The normalized spacial score (nSPS) is 18.3. The molecule has 0 radical (unpaired) electrons. The van der Waals surface area contributed by atoms with Crippen LogP contribution in [0, 0.1) is 5.41 Å². The molecule has 0 fully saturated rings. The second-order valence-electron chi connectivity index (χ2n) is 6.01. The third-order valence-electron chi connectivity index (χ3n) is 2.66. The van der Waals surface area contributed by atoms with Gasteiger partial charge in [-0.25, -0.2) is 4.98 Å². The number of hydrogen-bond donors (Lipinski definition) is 0. The van der Waals surface area contributed by atoms with Crippen molar-refractivity contribution in [2.45, 2.75) is 40.0 Å². The van der Waals surface area contributed by atoms with Gasteiger partial charge in [-0.2, -0.15) is 0 Å². The van der Waals surface area contributed by atoms with E-state index in [0.29, 0.717) is 0 Å². The zero-order chi connectivity index (χ0) is 12.0. The summed E-state index contributed by atoms with van der Waals surface area (Å²) in [6.45, 7) is 11.1. The van der Waals surface area contributed by atoms with Crippen LogP contribution in [0.4, 0.5) is 0 Å². The molecule has 1 aliphatic carbocycles. The molecule has 0 bridgehead atoms. The minimum Gasteiger partial charge on any atom is -0.241 e. The predicted octanol–water partition coefficient (Wildman–Crippen LogP) is 4.51. The molecule has 0 saturated heterocycles. The lowest BCUT2D eigenvalue weighted by atomic mass is 9.93. The Balaban J connectivity index is 2.45. The number of fused-ring (bicyclic) bond motifs is 1. The highest BCUT2D eigenvalue weighted by molar-refractivity contribution is 7.12. The average Bonchev–Trinajstić information content (AvgIpc) is 2.49. The maximum Gasteiger partial charge on any atom is 0.0992 e. The van der Waals surface area contributed by atoms with E-state index in [0.717, 1.165) is 5.69 Å². The summed E-state index contributed by atoms with van der Waals surface area (Å²) < 4.78 is 0. The molecule has 0 unspecified atom stereocenters. The Bertz CT molecular complexity index is 422. The minimum atomic E-state index is 0.141. The molecule has 0 N–H and O–H groups in total. The van der Waals surface area contributed by atoms with Crippen LogP contribution in [0.2, 0.25) is 0 Å². The van der Waals surface area contributed by atoms with Gasteiger partial charge in [0.05, 0.1) is 15.6 Å². The van der Waals surface area contributed by atoms with Gasteiger partial charge in [0.1, 0.15) is 0 Å². The number of nitrogens with zero attached hydrogens (tertiary/aromatic N) is 1. The molecule has 0 saturated carbocycles. The van der Waals surface area contributed by atoms with Gasteiger partial charge in [0.25, 0.3) is 0 Å². The highest BCUT2D eigenvalue weighted by Gasteiger charge is 2.21. The molecule has 86 valence electrons. The molecular weight excluding hydrogens is 214 g/mol. The van der Waals surface area contributed by atoms with Gasteiger partial charge in [-0.05, 0) is 12.2 Å². The van der Waals surface area contributed by atoms with E-state index in [4.69, 9.17) is 4.98 Å². The maximum atomic E-state index is 4.73. The fraction of sp³-hybridized carbons (Fsp3) is 0.500. The van der Waals surface area contributed by atoms with E-state index in [2.05, 4.69) is 58.9 Å². The van der Waals surface area contributed by atoms with Crippen LogP contribution in [0.5, 0.6) is 0 Å². The van der Waals surface area contributed by atoms with Crippen molar-refractivity contribution in [2.75, 3.05) is 0 Å². The van der Waals surface area contributed by atoms with Gasteiger partial charge in [0.2, 0.25) is 0 Å². The van der Waals surface area contributed by atoms with Crippen LogP contribution in [0.1, 0.15) is 50.2 Å². The SMILES string of the molecule is CC1(C)C=Cc2nc(C(C)(C)C)sc2C=C1. The van der Waals surface area contributed by atoms with Crippen molar-refractivity contribution in [3.63, 3.8) is 0 Å². The second-order valence-corrected chi connectivity index (χ2v) is 7.04. The Hall–Kier alpha value is -0.890. The van der Waals surface area contributed by atoms with Crippen molar-refractivity contribution < 1.29 is 0 Å². The topological polar surface area (TPSA) is 12.9 Å². The third-order valence-corrected chi connectivity index (χ3v) is 4.12. The molecule has 0 aromatic carbocycles. The fourth-order valence-electron chi connectivity index (χ4n) is 1.54. The standard InChI is InChI=1S/C14H19NS/c1-13(2,3)12-15-10-6-8-14(4,5)9-7-11(10)16-12/h6-9H,1-5H3. The Labute approximate surface area is 102 Å². The van der Waals surface area contributed by atoms with Crippen molar-refractivity contribution in [2.24, 2.45) is 5.41 Å². The molecule has 2 rings (SSSR count). The van der Waals surface area contributed by atoms with E-state index in [1.54, 1.807) is 0 Å². The van der Waals surface area contributed by atoms with Gasteiger partial charge >= 0.3 is 0 Å². The van der Waals surface area contributed by atoms with Crippen molar-refractivity contribution >= 4 is 23.5 Å². The third kappa shape index (κ3) is 2.27. The van der Waals surface area contributed by atoms with Crippen LogP contribution >= 0.6 is 11.3 Å². The van der Waals surface area contributed by atoms with Gasteiger partial charge in [-0.1, -0.05) is 46.8 Å². The molecule has 0 spiro atoms. The zero-order valence-corrected chi connectivity index (χ0v) is 11.5. The molecule has 0 amide bonds. The number of thiazole rings is 1. The second kappa shape index (κ2) is 3.56. The van der Waals surface area contributed by atoms with E-state index in [9.17, 15) is 0 Å². The van der Waals surface area contributed by atoms with Crippen LogP contribution in [-0.4, -0.2) is 4.98 Å². The number of rotatable bonds is 0. The molecule has 1 nitrogen and oxygen atoms in total. The summed E-state index contributed by atoms with van der Waals surface area (Å²) in [6.07, 6.45) is 8.84. The summed E-state index contributed by atoms with van der Waals surface area (Å²) in [7, 11) is 0. The van der Waals surface area contributed by atoms with E-state index >= 15 is 0 Å². The van der Waals surface area contributed by atoms with Crippen LogP contribution < -0.4 is 0 Å². The number of aromatic nitrogens is 1. The van der Waals surface area contributed by atoms with Crippen molar-refractivity contribution in [3.8, 4) is 0 Å². The van der Waals surface area contributed by atoms with Crippen molar-refractivity contribution in [1.82, 2.24) is 4.98 Å². The molecule has 16 heavy (non-hydrogen) atoms. The Morgan fingerprint density at radius 3 is 2.38 bits per heavy atom. The van der Waals surface area contributed by atoms with Crippen molar-refractivity contribution in [3.05, 3.63) is 27.7 Å². The quantitative estimate of drug-likeness (QED) is 0.642. The van der Waals surface area contributed by atoms with Crippen LogP contribution in [0.15, 0.2) is 12.2 Å². The summed E-state index contributed by atoms with van der Waals surface area (Å²) in [5.74, 6) is 0. The van der Waals surface area contributed by atoms with Gasteiger partial charge < -0.3 is 0 Å². The molecule has 1 heterocycles. The van der Waals surface area contributed by atoms with Gasteiger partial charge in [-0.15, -0.1) is 11.3 Å². The summed E-state index contributed by atoms with van der Waals surface area (Å²) in [5, 5.41) is 1.21. The first-order valence-electron chi connectivity index (χ1n) is 5.68. The molecule has 0 atom stereocenters. The highest BCUT2D eigenvalue weighted by Crippen LogP contribution is 2.34. The number of allylic oxidation sites excluding steroid dienone is 2. The fourth-order valence-corrected chi connectivity index (χ4v) is 2.56. The highest BCUT2D eigenvalue weighted by atomic mass is 32.1. The molecular formula is C14H19NS. The molecule has 1 aromatic heterocycles.